The van der Waals surface area contributed by atoms with E-state index in [1.165, 1.54) is 0 Å². The summed E-state index contributed by atoms with van der Waals surface area (Å²) in [6.07, 6.45) is 0.881. The highest BCUT2D eigenvalue weighted by Gasteiger charge is 2.07. The SMILES string of the molecule is CCc1cc(CC(=O)O)ccc1-c1ccc(O)cc1. The summed E-state index contributed by atoms with van der Waals surface area (Å²) in [4.78, 5) is 10.7. The molecule has 0 amide bonds. The molecule has 2 N–H and O–H groups in total. The Bertz CT molecular complexity index is 585. The van der Waals surface area contributed by atoms with Crippen molar-refractivity contribution in [3.8, 4) is 16.9 Å². The minimum absolute atomic E-state index is 0.0445. The topological polar surface area (TPSA) is 57.5 Å². The molecule has 0 atom stereocenters. The molecule has 2 rings (SSSR count). The molecule has 0 saturated carbocycles. The van der Waals surface area contributed by atoms with Gasteiger partial charge in [0.05, 0.1) is 6.42 Å². The second-order valence-electron chi connectivity index (χ2n) is 4.46. The van der Waals surface area contributed by atoms with Crippen molar-refractivity contribution in [2.75, 3.05) is 0 Å². The average Bonchev–Trinajstić information content (AvgIpc) is 2.39. The fourth-order valence-electron chi connectivity index (χ4n) is 2.15. The van der Waals surface area contributed by atoms with Crippen LogP contribution in [0, 0.1) is 0 Å². The molecule has 98 valence electrons. The van der Waals surface area contributed by atoms with Gasteiger partial charge in [-0.15, -0.1) is 0 Å². The lowest BCUT2D eigenvalue weighted by Gasteiger charge is -2.10. The molecule has 0 heterocycles. The Morgan fingerprint density at radius 1 is 1.11 bits per heavy atom. The highest BCUT2D eigenvalue weighted by Crippen LogP contribution is 2.27. The molecule has 0 aliphatic carbocycles. The van der Waals surface area contributed by atoms with Gasteiger partial charge in [0, 0.05) is 0 Å². The summed E-state index contributed by atoms with van der Waals surface area (Å²) in [5.41, 5.74) is 4.03. The van der Waals surface area contributed by atoms with Crippen LogP contribution in [-0.2, 0) is 17.6 Å². The van der Waals surface area contributed by atoms with E-state index in [0.29, 0.717) is 0 Å². The Kier molecular flexibility index (Phi) is 3.85. The summed E-state index contributed by atoms with van der Waals surface area (Å²) in [5, 5.41) is 18.1. The van der Waals surface area contributed by atoms with E-state index in [1.54, 1.807) is 12.1 Å². The Labute approximate surface area is 112 Å². The predicted molar refractivity (Wildman–Crippen MR) is 74.3 cm³/mol. The second kappa shape index (κ2) is 5.57. The van der Waals surface area contributed by atoms with E-state index >= 15 is 0 Å². The molecule has 0 aromatic heterocycles. The number of carboxylic acid groups (broad SMARTS) is 1. The normalized spacial score (nSPS) is 10.4. The number of phenols is 1. The van der Waals surface area contributed by atoms with Gasteiger partial charge in [0.1, 0.15) is 5.75 Å². The van der Waals surface area contributed by atoms with Gasteiger partial charge in [0.2, 0.25) is 0 Å². The van der Waals surface area contributed by atoms with Gasteiger partial charge in [-0.2, -0.15) is 0 Å². The summed E-state index contributed by atoms with van der Waals surface area (Å²) in [6, 6.07) is 12.8. The quantitative estimate of drug-likeness (QED) is 0.882. The van der Waals surface area contributed by atoms with E-state index in [1.807, 2.05) is 37.3 Å². The highest BCUT2D eigenvalue weighted by molar-refractivity contribution is 5.72. The maximum atomic E-state index is 10.7. The first kappa shape index (κ1) is 13.1. The molecule has 19 heavy (non-hydrogen) atoms. The number of phenolic OH excluding ortho intramolecular Hbond substituents is 1. The van der Waals surface area contributed by atoms with Crippen molar-refractivity contribution in [3.05, 3.63) is 53.6 Å². The van der Waals surface area contributed by atoms with Crippen LogP contribution in [0.4, 0.5) is 0 Å². The van der Waals surface area contributed by atoms with Crippen molar-refractivity contribution in [2.45, 2.75) is 19.8 Å². The van der Waals surface area contributed by atoms with Gasteiger partial charge in [-0.05, 0) is 40.8 Å². The number of carboxylic acids is 1. The summed E-state index contributed by atoms with van der Waals surface area (Å²) in [6.45, 7) is 2.05. The van der Waals surface area contributed by atoms with Crippen LogP contribution < -0.4 is 0 Å². The third-order valence-electron chi connectivity index (χ3n) is 3.08. The van der Waals surface area contributed by atoms with E-state index in [4.69, 9.17) is 5.11 Å². The zero-order valence-corrected chi connectivity index (χ0v) is 10.8. The number of hydrogen-bond acceptors (Lipinski definition) is 2. The fourth-order valence-corrected chi connectivity index (χ4v) is 2.15. The van der Waals surface area contributed by atoms with Crippen LogP contribution in [0.3, 0.4) is 0 Å². The van der Waals surface area contributed by atoms with Crippen LogP contribution in [0.5, 0.6) is 5.75 Å². The largest absolute Gasteiger partial charge is 0.508 e. The number of aliphatic carboxylic acids is 1. The smallest absolute Gasteiger partial charge is 0.307 e. The number of rotatable bonds is 4. The zero-order valence-electron chi connectivity index (χ0n) is 10.8. The predicted octanol–water partition coefficient (Wildman–Crippen LogP) is 3.25. The Balaban J connectivity index is 2.40. The van der Waals surface area contributed by atoms with Crippen molar-refractivity contribution in [2.24, 2.45) is 0 Å². The van der Waals surface area contributed by atoms with Gasteiger partial charge in [0.15, 0.2) is 0 Å². The molecule has 3 nitrogen and oxygen atoms in total. The number of carbonyl (C=O) groups is 1. The maximum absolute atomic E-state index is 10.7. The van der Waals surface area contributed by atoms with Gasteiger partial charge in [0.25, 0.3) is 0 Å². The molecule has 0 fully saturated rings. The van der Waals surface area contributed by atoms with Gasteiger partial charge < -0.3 is 10.2 Å². The van der Waals surface area contributed by atoms with Crippen molar-refractivity contribution in [1.82, 2.24) is 0 Å². The van der Waals surface area contributed by atoms with Gasteiger partial charge in [-0.1, -0.05) is 37.3 Å². The molecular formula is C16H16O3. The standard InChI is InChI=1S/C16H16O3/c1-2-12-9-11(10-16(18)19)3-8-15(12)13-4-6-14(17)7-5-13/h3-9,17H,2,10H2,1H3,(H,18,19). The molecule has 0 aliphatic heterocycles. The fraction of sp³-hybridized carbons (Fsp3) is 0.188. The highest BCUT2D eigenvalue weighted by atomic mass is 16.4. The van der Waals surface area contributed by atoms with Crippen molar-refractivity contribution < 1.29 is 15.0 Å². The Hall–Kier alpha value is -2.29. The van der Waals surface area contributed by atoms with Crippen molar-refractivity contribution in [1.29, 1.82) is 0 Å². The molecule has 0 saturated heterocycles. The molecule has 0 spiro atoms. The average molecular weight is 256 g/mol. The van der Waals surface area contributed by atoms with Crippen LogP contribution in [-0.4, -0.2) is 16.2 Å². The van der Waals surface area contributed by atoms with Crippen LogP contribution in [0.25, 0.3) is 11.1 Å². The molecule has 2 aromatic carbocycles. The van der Waals surface area contributed by atoms with E-state index < -0.39 is 5.97 Å². The molecule has 0 bridgehead atoms. The molecule has 0 unspecified atom stereocenters. The Morgan fingerprint density at radius 2 is 1.79 bits per heavy atom. The van der Waals surface area contributed by atoms with E-state index in [0.717, 1.165) is 28.7 Å². The van der Waals surface area contributed by atoms with Gasteiger partial charge >= 0.3 is 5.97 Å². The first-order valence-corrected chi connectivity index (χ1v) is 6.23. The Morgan fingerprint density at radius 3 is 2.37 bits per heavy atom. The molecule has 3 heteroatoms. The maximum Gasteiger partial charge on any atom is 0.307 e. The summed E-state index contributed by atoms with van der Waals surface area (Å²) in [5.74, 6) is -0.580. The monoisotopic (exact) mass is 256 g/mol. The number of benzene rings is 2. The molecule has 0 radical (unpaired) electrons. The lowest BCUT2D eigenvalue weighted by molar-refractivity contribution is -0.136. The van der Waals surface area contributed by atoms with Gasteiger partial charge in [-0.3, -0.25) is 4.79 Å². The van der Waals surface area contributed by atoms with E-state index in [9.17, 15) is 9.90 Å². The van der Waals surface area contributed by atoms with Gasteiger partial charge in [-0.25, -0.2) is 0 Å². The van der Waals surface area contributed by atoms with E-state index in [-0.39, 0.29) is 12.2 Å². The third-order valence-corrected chi connectivity index (χ3v) is 3.08. The molecule has 0 aliphatic rings. The molecular weight excluding hydrogens is 240 g/mol. The minimum Gasteiger partial charge on any atom is -0.508 e. The van der Waals surface area contributed by atoms with Crippen molar-refractivity contribution in [3.63, 3.8) is 0 Å². The molecule has 2 aromatic rings. The van der Waals surface area contributed by atoms with Crippen LogP contribution >= 0.6 is 0 Å². The number of aromatic hydroxyl groups is 1. The summed E-state index contributed by atoms with van der Waals surface area (Å²) >= 11 is 0. The first-order chi connectivity index (χ1) is 9.10. The second-order valence-corrected chi connectivity index (χ2v) is 4.46. The number of aryl methyl sites for hydroxylation is 1. The van der Waals surface area contributed by atoms with Crippen LogP contribution in [0.15, 0.2) is 42.5 Å². The van der Waals surface area contributed by atoms with Crippen molar-refractivity contribution >= 4 is 5.97 Å². The van der Waals surface area contributed by atoms with E-state index in [2.05, 4.69) is 0 Å². The summed E-state index contributed by atoms with van der Waals surface area (Å²) in [7, 11) is 0. The number of hydrogen-bond donors (Lipinski definition) is 2. The minimum atomic E-state index is -0.820. The summed E-state index contributed by atoms with van der Waals surface area (Å²) < 4.78 is 0. The van der Waals surface area contributed by atoms with Crippen LogP contribution in [0.1, 0.15) is 18.1 Å². The lowest BCUT2D eigenvalue weighted by atomic mass is 9.95. The first-order valence-electron chi connectivity index (χ1n) is 6.23. The van der Waals surface area contributed by atoms with Crippen LogP contribution in [0.2, 0.25) is 0 Å². The zero-order chi connectivity index (χ0) is 13.8. The lowest BCUT2D eigenvalue weighted by Crippen LogP contribution is -2.01. The third kappa shape index (κ3) is 3.13.